The van der Waals surface area contributed by atoms with E-state index in [0.717, 1.165) is 6.07 Å². The molecule has 0 bridgehead atoms. The molecular weight excluding hydrogens is 210 g/mol. The highest BCUT2D eigenvalue weighted by molar-refractivity contribution is 6.32. The van der Waals surface area contributed by atoms with Crippen LogP contribution in [0.1, 0.15) is 5.56 Å². The monoisotopic (exact) mass is 214 g/mol. The Morgan fingerprint density at radius 3 is 2.64 bits per heavy atom. The van der Waals surface area contributed by atoms with Crippen LogP contribution in [0, 0.1) is 10.1 Å². The van der Waals surface area contributed by atoms with Crippen molar-refractivity contribution in [3.63, 3.8) is 0 Å². The molecule has 74 valence electrons. The van der Waals surface area contributed by atoms with Crippen molar-refractivity contribution in [3.05, 3.63) is 38.9 Å². The van der Waals surface area contributed by atoms with Gasteiger partial charge >= 0.3 is 0 Å². The summed E-state index contributed by atoms with van der Waals surface area (Å²) in [7, 11) is 0. The average Bonchev–Trinajstić information content (AvgIpc) is 2.07. The largest absolute Gasteiger partial charge is 0.550 e. The van der Waals surface area contributed by atoms with Crippen molar-refractivity contribution < 1.29 is 14.8 Å². The van der Waals surface area contributed by atoms with Crippen LogP contribution in [0.15, 0.2) is 18.2 Å². The summed E-state index contributed by atoms with van der Waals surface area (Å²) in [5, 5.41) is 20.6. The predicted octanol–water partition coefficient (Wildman–Crippen LogP) is 0.541. The lowest BCUT2D eigenvalue weighted by Crippen LogP contribution is -2.24. The number of carboxylic acids is 1. The molecule has 1 aromatic carbocycles. The van der Waals surface area contributed by atoms with Gasteiger partial charge in [-0.05, 0) is 11.6 Å². The van der Waals surface area contributed by atoms with Crippen molar-refractivity contribution in [2.45, 2.75) is 6.42 Å². The number of carboxylic acid groups (broad SMARTS) is 1. The Labute approximate surface area is 84.1 Å². The van der Waals surface area contributed by atoms with Gasteiger partial charge < -0.3 is 9.90 Å². The second kappa shape index (κ2) is 4.06. The summed E-state index contributed by atoms with van der Waals surface area (Å²) in [5.74, 6) is -1.29. The van der Waals surface area contributed by atoms with Crippen LogP contribution < -0.4 is 5.11 Å². The quantitative estimate of drug-likeness (QED) is 0.543. The van der Waals surface area contributed by atoms with Crippen molar-refractivity contribution in [1.29, 1.82) is 0 Å². The van der Waals surface area contributed by atoms with Gasteiger partial charge in [-0.2, -0.15) is 0 Å². The first kappa shape index (κ1) is 10.5. The molecule has 0 aliphatic heterocycles. The van der Waals surface area contributed by atoms with E-state index in [2.05, 4.69) is 0 Å². The molecule has 5 nitrogen and oxygen atoms in total. The van der Waals surface area contributed by atoms with E-state index < -0.39 is 10.9 Å². The standard InChI is InChI=1S/C8H6ClNO4/c9-6-2-1-5(4-8(11)12)3-7(6)10(13)14/h1-3H,4H2,(H,11,12)/p-1. The third-order valence-corrected chi connectivity index (χ3v) is 1.88. The molecule has 14 heavy (non-hydrogen) atoms. The minimum atomic E-state index is -1.29. The Bertz CT molecular complexity index is 391. The SMILES string of the molecule is O=C([O-])Cc1ccc(Cl)c([N+](=O)[O-])c1. The molecule has 0 atom stereocenters. The van der Waals surface area contributed by atoms with Crippen molar-refractivity contribution in [2.24, 2.45) is 0 Å². The van der Waals surface area contributed by atoms with Crippen LogP contribution in [-0.4, -0.2) is 10.9 Å². The number of benzene rings is 1. The number of carbonyl (C=O) groups is 1. The maximum atomic E-state index is 10.4. The number of nitro groups is 1. The number of hydrogen-bond acceptors (Lipinski definition) is 4. The highest BCUT2D eigenvalue weighted by Crippen LogP contribution is 2.24. The van der Waals surface area contributed by atoms with Crippen LogP contribution in [-0.2, 0) is 11.2 Å². The molecule has 6 heteroatoms. The van der Waals surface area contributed by atoms with Gasteiger partial charge in [0.1, 0.15) is 5.02 Å². The third-order valence-electron chi connectivity index (χ3n) is 1.56. The number of halogens is 1. The summed E-state index contributed by atoms with van der Waals surface area (Å²) in [6, 6.07) is 3.82. The zero-order chi connectivity index (χ0) is 10.7. The van der Waals surface area contributed by atoms with Crippen LogP contribution in [0.5, 0.6) is 0 Å². The van der Waals surface area contributed by atoms with Crippen LogP contribution in [0.25, 0.3) is 0 Å². The normalized spacial score (nSPS) is 9.79. The number of nitrogens with zero attached hydrogens (tertiary/aromatic N) is 1. The fourth-order valence-electron chi connectivity index (χ4n) is 0.975. The van der Waals surface area contributed by atoms with Crippen LogP contribution in [0.4, 0.5) is 5.69 Å². The molecule has 0 radical (unpaired) electrons. The number of nitro benzene ring substituents is 1. The van der Waals surface area contributed by atoms with Gasteiger partial charge in [-0.15, -0.1) is 0 Å². The van der Waals surface area contributed by atoms with Gasteiger partial charge in [0.15, 0.2) is 0 Å². The zero-order valence-electron chi connectivity index (χ0n) is 6.90. The second-order valence-electron chi connectivity index (χ2n) is 2.59. The summed E-state index contributed by atoms with van der Waals surface area (Å²) in [5.41, 5.74) is -0.00785. The van der Waals surface area contributed by atoms with Gasteiger partial charge in [0, 0.05) is 18.5 Å². The summed E-state index contributed by atoms with van der Waals surface area (Å²) in [6.07, 6.45) is -0.363. The van der Waals surface area contributed by atoms with E-state index in [1.54, 1.807) is 0 Å². The minimum Gasteiger partial charge on any atom is -0.550 e. The van der Waals surface area contributed by atoms with E-state index in [-0.39, 0.29) is 17.1 Å². The molecule has 0 N–H and O–H groups in total. The van der Waals surface area contributed by atoms with Crippen molar-refractivity contribution >= 4 is 23.3 Å². The van der Waals surface area contributed by atoms with Crippen LogP contribution in [0.2, 0.25) is 5.02 Å². The Hall–Kier alpha value is -1.62. The van der Waals surface area contributed by atoms with Gasteiger partial charge in [0.25, 0.3) is 5.69 Å². The Morgan fingerprint density at radius 1 is 1.50 bits per heavy atom. The predicted molar refractivity (Wildman–Crippen MR) is 46.8 cm³/mol. The summed E-state index contributed by atoms with van der Waals surface area (Å²) in [6.45, 7) is 0. The lowest BCUT2D eigenvalue weighted by molar-refractivity contribution is -0.384. The molecule has 0 fully saturated rings. The van der Waals surface area contributed by atoms with Crippen molar-refractivity contribution in [1.82, 2.24) is 0 Å². The molecule has 1 aromatic rings. The number of hydrogen-bond donors (Lipinski definition) is 0. The van der Waals surface area contributed by atoms with Gasteiger partial charge in [0.2, 0.25) is 0 Å². The lowest BCUT2D eigenvalue weighted by Gasteiger charge is -2.02. The lowest BCUT2D eigenvalue weighted by atomic mass is 10.1. The summed E-state index contributed by atoms with van der Waals surface area (Å²) in [4.78, 5) is 20.0. The fourth-order valence-corrected chi connectivity index (χ4v) is 1.16. The molecule has 0 saturated heterocycles. The first-order valence-corrected chi connectivity index (χ1v) is 4.01. The molecule has 1 rings (SSSR count). The average molecular weight is 215 g/mol. The summed E-state index contributed by atoms with van der Waals surface area (Å²) < 4.78 is 0. The smallest absolute Gasteiger partial charge is 0.288 e. The van der Waals surface area contributed by atoms with E-state index >= 15 is 0 Å². The van der Waals surface area contributed by atoms with E-state index in [1.807, 2.05) is 0 Å². The molecule has 0 unspecified atom stereocenters. The first-order chi connectivity index (χ1) is 6.50. The summed E-state index contributed by atoms with van der Waals surface area (Å²) >= 11 is 5.52. The first-order valence-electron chi connectivity index (χ1n) is 3.63. The van der Waals surface area contributed by atoms with E-state index in [4.69, 9.17) is 11.6 Å². The van der Waals surface area contributed by atoms with Gasteiger partial charge in [-0.1, -0.05) is 17.7 Å². The van der Waals surface area contributed by atoms with Gasteiger partial charge in [-0.3, -0.25) is 10.1 Å². The van der Waals surface area contributed by atoms with Crippen LogP contribution in [0.3, 0.4) is 0 Å². The molecule has 0 saturated carbocycles. The van der Waals surface area contributed by atoms with Crippen molar-refractivity contribution in [3.8, 4) is 0 Å². The third kappa shape index (κ3) is 2.43. The molecular formula is C8H5ClNO4-. The Morgan fingerprint density at radius 2 is 2.14 bits per heavy atom. The Kier molecular flexibility index (Phi) is 3.03. The van der Waals surface area contributed by atoms with E-state index in [0.29, 0.717) is 5.56 Å². The van der Waals surface area contributed by atoms with Crippen molar-refractivity contribution in [2.75, 3.05) is 0 Å². The molecule has 0 aliphatic rings. The van der Waals surface area contributed by atoms with Gasteiger partial charge in [-0.25, -0.2) is 0 Å². The van der Waals surface area contributed by atoms with E-state index in [1.165, 1.54) is 12.1 Å². The zero-order valence-corrected chi connectivity index (χ0v) is 7.65. The number of carbonyl (C=O) groups excluding carboxylic acids is 1. The van der Waals surface area contributed by atoms with E-state index in [9.17, 15) is 20.0 Å². The second-order valence-corrected chi connectivity index (χ2v) is 3.00. The van der Waals surface area contributed by atoms with Gasteiger partial charge in [0.05, 0.1) is 4.92 Å². The highest BCUT2D eigenvalue weighted by atomic mass is 35.5. The van der Waals surface area contributed by atoms with Crippen LogP contribution >= 0.6 is 11.6 Å². The maximum absolute atomic E-state index is 10.4. The molecule has 0 amide bonds. The minimum absolute atomic E-state index is 0.0166. The Balaban J connectivity index is 3.06. The molecule has 0 aromatic heterocycles. The number of aliphatic carboxylic acids is 1. The highest BCUT2D eigenvalue weighted by Gasteiger charge is 2.12. The maximum Gasteiger partial charge on any atom is 0.288 e. The topological polar surface area (TPSA) is 83.3 Å². The molecule has 0 heterocycles. The molecule has 0 aliphatic carbocycles. The molecule has 0 spiro atoms. The number of rotatable bonds is 3. The fraction of sp³-hybridized carbons (Fsp3) is 0.125.